The van der Waals surface area contributed by atoms with Gasteiger partial charge < -0.3 is 18.9 Å². The van der Waals surface area contributed by atoms with Gasteiger partial charge in [-0.1, -0.05) is 6.07 Å². The van der Waals surface area contributed by atoms with Crippen LogP contribution >= 0.6 is 0 Å². The van der Waals surface area contributed by atoms with Crippen LogP contribution in [-0.4, -0.2) is 38.9 Å². The van der Waals surface area contributed by atoms with E-state index in [9.17, 15) is 9.59 Å². The van der Waals surface area contributed by atoms with Crippen LogP contribution in [0.15, 0.2) is 18.2 Å². The van der Waals surface area contributed by atoms with Crippen LogP contribution in [0.1, 0.15) is 30.6 Å². The Morgan fingerprint density at radius 3 is 2.39 bits per heavy atom. The zero-order chi connectivity index (χ0) is 16.8. The van der Waals surface area contributed by atoms with Crippen LogP contribution in [0, 0.1) is 5.41 Å². The van der Waals surface area contributed by atoms with Crippen LogP contribution in [-0.2, 0) is 30.2 Å². The second-order valence-electron chi connectivity index (χ2n) is 6.17. The first-order chi connectivity index (χ1) is 10.9. The van der Waals surface area contributed by atoms with Gasteiger partial charge in [-0.3, -0.25) is 9.59 Å². The summed E-state index contributed by atoms with van der Waals surface area (Å²) >= 11 is 0. The Labute approximate surface area is 134 Å². The molecule has 6 heteroatoms. The van der Waals surface area contributed by atoms with Gasteiger partial charge in [-0.05, 0) is 30.2 Å². The van der Waals surface area contributed by atoms with Gasteiger partial charge in [0.05, 0.1) is 33.0 Å². The lowest BCUT2D eigenvalue weighted by molar-refractivity contribution is -0.183. The summed E-state index contributed by atoms with van der Waals surface area (Å²) in [7, 11) is 4.14. The Balaban J connectivity index is 2.12. The summed E-state index contributed by atoms with van der Waals surface area (Å²) in [5, 5.41) is 0. The van der Waals surface area contributed by atoms with E-state index in [2.05, 4.69) is 0 Å². The Hall–Kier alpha value is -2.08. The number of carbonyl (C=O) groups excluding carboxylic acids is 2. The Kier molecular flexibility index (Phi) is 3.59. The Morgan fingerprint density at radius 1 is 1.17 bits per heavy atom. The second kappa shape index (κ2) is 5.23. The van der Waals surface area contributed by atoms with Crippen molar-refractivity contribution < 1.29 is 28.5 Å². The molecule has 2 aliphatic heterocycles. The van der Waals surface area contributed by atoms with Crippen molar-refractivity contribution in [3.05, 3.63) is 29.3 Å². The van der Waals surface area contributed by atoms with Crippen LogP contribution in [0.4, 0.5) is 0 Å². The van der Waals surface area contributed by atoms with Crippen molar-refractivity contribution in [3.63, 3.8) is 0 Å². The van der Waals surface area contributed by atoms with Gasteiger partial charge in [0.2, 0.25) is 0 Å². The summed E-state index contributed by atoms with van der Waals surface area (Å²) in [5.74, 6) is -0.521. The largest absolute Gasteiger partial charge is 0.497 e. The first-order valence-corrected chi connectivity index (χ1v) is 7.43. The SMILES string of the molecule is COC(=O)C1(C(=O)OC)C[C@H]2O[C@]1(C)Cc1ccc(OC)cc12. The Bertz CT molecular complexity index is 651. The minimum absolute atomic E-state index is 0.197. The van der Waals surface area contributed by atoms with E-state index >= 15 is 0 Å². The van der Waals surface area contributed by atoms with Gasteiger partial charge in [-0.2, -0.15) is 0 Å². The maximum Gasteiger partial charge on any atom is 0.326 e. The van der Waals surface area contributed by atoms with E-state index in [0.717, 1.165) is 11.1 Å². The van der Waals surface area contributed by atoms with E-state index in [4.69, 9.17) is 18.9 Å². The molecule has 23 heavy (non-hydrogen) atoms. The first kappa shape index (κ1) is 15.8. The number of carbonyl (C=O) groups is 2. The number of hydrogen-bond acceptors (Lipinski definition) is 6. The average Bonchev–Trinajstić information content (AvgIpc) is 2.82. The number of rotatable bonds is 3. The minimum atomic E-state index is -1.46. The highest BCUT2D eigenvalue weighted by molar-refractivity contribution is 6.02. The molecule has 124 valence electrons. The Morgan fingerprint density at radius 2 is 1.83 bits per heavy atom. The zero-order valence-electron chi connectivity index (χ0n) is 13.7. The molecule has 0 spiro atoms. The smallest absolute Gasteiger partial charge is 0.326 e. The van der Waals surface area contributed by atoms with E-state index in [1.807, 2.05) is 18.2 Å². The van der Waals surface area contributed by atoms with Crippen molar-refractivity contribution in [1.29, 1.82) is 0 Å². The molecule has 3 rings (SSSR count). The highest BCUT2D eigenvalue weighted by atomic mass is 16.6. The van der Waals surface area contributed by atoms with Gasteiger partial charge in [-0.25, -0.2) is 0 Å². The maximum absolute atomic E-state index is 12.5. The van der Waals surface area contributed by atoms with Gasteiger partial charge in [0.15, 0.2) is 5.41 Å². The standard InChI is InChI=1S/C17H20O6/c1-16-8-10-5-6-11(20-2)7-12(10)13(23-16)9-17(16,14(18)21-3)15(19)22-4/h5-7,13H,8-9H2,1-4H3/t13-,16-/m1/s1. The molecule has 1 saturated heterocycles. The van der Waals surface area contributed by atoms with Crippen LogP contribution in [0.25, 0.3) is 0 Å². The number of ether oxygens (including phenoxy) is 4. The third-order valence-corrected chi connectivity index (χ3v) is 5.09. The normalized spacial score (nSPS) is 27.0. The van der Waals surface area contributed by atoms with Crippen molar-refractivity contribution in [1.82, 2.24) is 0 Å². The summed E-state index contributed by atoms with van der Waals surface area (Å²) in [6, 6.07) is 5.71. The first-order valence-electron chi connectivity index (χ1n) is 7.43. The van der Waals surface area contributed by atoms with Gasteiger partial charge in [0.1, 0.15) is 5.75 Å². The number of benzene rings is 1. The van der Waals surface area contributed by atoms with Gasteiger partial charge in [-0.15, -0.1) is 0 Å². The zero-order valence-corrected chi connectivity index (χ0v) is 13.7. The lowest BCUT2D eigenvalue weighted by Gasteiger charge is -2.39. The fourth-order valence-corrected chi connectivity index (χ4v) is 3.87. The minimum Gasteiger partial charge on any atom is -0.497 e. The fourth-order valence-electron chi connectivity index (χ4n) is 3.87. The fraction of sp³-hybridized carbons (Fsp3) is 0.529. The van der Waals surface area contributed by atoms with Crippen molar-refractivity contribution >= 4 is 11.9 Å². The molecule has 0 aromatic heterocycles. The maximum atomic E-state index is 12.5. The molecule has 2 atom stereocenters. The molecule has 0 aliphatic carbocycles. The molecule has 0 radical (unpaired) electrons. The van der Waals surface area contributed by atoms with E-state index in [-0.39, 0.29) is 12.5 Å². The summed E-state index contributed by atoms with van der Waals surface area (Å²) in [6.45, 7) is 1.77. The number of fused-ring (bicyclic) bond motifs is 4. The highest BCUT2D eigenvalue weighted by Gasteiger charge is 2.69. The molecule has 2 heterocycles. The molecular formula is C17H20O6. The molecule has 0 amide bonds. The van der Waals surface area contributed by atoms with Crippen molar-refractivity contribution in [2.45, 2.75) is 31.5 Å². The van der Waals surface area contributed by atoms with Crippen LogP contribution in [0.2, 0.25) is 0 Å². The lowest BCUT2D eigenvalue weighted by atomic mass is 9.70. The highest BCUT2D eigenvalue weighted by Crippen LogP contribution is 2.58. The molecule has 0 N–H and O–H groups in total. The molecular weight excluding hydrogens is 300 g/mol. The monoisotopic (exact) mass is 320 g/mol. The third kappa shape index (κ3) is 1.97. The van der Waals surface area contributed by atoms with Crippen molar-refractivity contribution in [3.8, 4) is 5.75 Å². The molecule has 2 aliphatic rings. The number of methoxy groups -OCH3 is 3. The van der Waals surface area contributed by atoms with Crippen LogP contribution < -0.4 is 4.74 Å². The van der Waals surface area contributed by atoms with E-state index in [0.29, 0.717) is 12.2 Å². The topological polar surface area (TPSA) is 71.1 Å². The van der Waals surface area contributed by atoms with Crippen LogP contribution in [0.5, 0.6) is 5.75 Å². The van der Waals surface area contributed by atoms with Gasteiger partial charge >= 0.3 is 11.9 Å². The molecule has 6 nitrogen and oxygen atoms in total. The quantitative estimate of drug-likeness (QED) is 0.625. The van der Waals surface area contributed by atoms with Gasteiger partial charge in [0.25, 0.3) is 0 Å². The van der Waals surface area contributed by atoms with Crippen molar-refractivity contribution in [2.75, 3.05) is 21.3 Å². The summed E-state index contributed by atoms with van der Waals surface area (Å²) in [5.41, 5.74) is -0.483. The summed E-state index contributed by atoms with van der Waals surface area (Å²) in [4.78, 5) is 25.1. The van der Waals surface area contributed by atoms with Crippen molar-refractivity contribution in [2.24, 2.45) is 5.41 Å². The van der Waals surface area contributed by atoms with E-state index in [1.54, 1.807) is 14.0 Å². The third-order valence-electron chi connectivity index (χ3n) is 5.09. The van der Waals surface area contributed by atoms with Crippen LogP contribution in [0.3, 0.4) is 0 Å². The molecule has 1 aromatic rings. The van der Waals surface area contributed by atoms with E-state index in [1.165, 1.54) is 14.2 Å². The number of hydrogen-bond donors (Lipinski definition) is 0. The second-order valence-corrected chi connectivity index (χ2v) is 6.17. The summed E-state index contributed by atoms with van der Waals surface area (Å²) in [6.07, 6.45) is 0.243. The lowest BCUT2D eigenvalue weighted by Crippen LogP contribution is -2.55. The van der Waals surface area contributed by atoms with Gasteiger partial charge in [0, 0.05) is 12.8 Å². The number of esters is 2. The summed E-state index contributed by atoms with van der Waals surface area (Å²) < 4.78 is 21.2. The average molecular weight is 320 g/mol. The molecule has 1 fully saturated rings. The molecule has 2 bridgehead atoms. The van der Waals surface area contributed by atoms with E-state index < -0.39 is 23.0 Å². The molecule has 0 unspecified atom stereocenters. The predicted molar refractivity (Wildman–Crippen MR) is 80.0 cm³/mol. The molecule has 0 saturated carbocycles. The molecule has 1 aromatic carbocycles. The predicted octanol–water partition coefficient (Wildman–Crippen LogP) is 1.80.